The molecule has 0 radical (unpaired) electrons. The Hall–Kier alpha value is -4.86. The van der Waals surface area contributed by atoms with Gasteiger partial charge in [0.05, 0.1) is 50.8 Å². The molecular weight excluding hydrogens is 1380 g/mol. The first-order valence-corrected chi connectivity index (χ1v) is 34.7. The molecule has 20 N–H and O–H groups in total. The average Bonchev–Trinajstić information content (AvgIpc) is 1.66. The van der Waals surface area contributed by atoms with E-state index in [0.29, 0.717) is 16.7 Å². The quantitative estimate of drug-likeness (QED) is 0.0369. The highest BCUT2D eigenvalue weighted by Gasteiger charge is 2.45. The van der Waals surface area contributed by atoms with Crippen LogP contribution in [0.25, 0.3) is 0 Å². The van der Waals surface area contributed by atoms with Crippen LogP contribution in [0.15, 0.2) is 53.6 Å². The van der Waals surface area contributed by atoms with E-state index in [-0.39, 0.29) is 56.1 Å². The standard InChI is InChI=1S/C10H18N3O13P3.C10H15N3O4.C10H17N2O14P3.C10H14N2O5/c1-5-3-13(10(15)12-9(5)11)8-2-6(14)7(24-8)4-23-28(19,20)26-29(21,22)25-27(16,17)18;1-5-3-13(10(16)12-9(5)11)8-2-6(15)7(4-14)17-8;1-5-3-12(10(15)11-9(5)14)8-2-6(13)7(24-8)4-23-28(19,20)26-29(21,22)25-27(16,17)18;1-5-3-12(10(16)11-9(5)15)8-2-6(14)7(4-13)17-8/h3,6-8,14H,2,4H2,1H3,(H,19,20)(H,21,22)(H2,11,12,15)(H2,16,17,18);3,6-8,14-15H,2,4H2,1H3,(H2,11,12,16);3,6-8,13H,2,4H2,1H3,(H,19,20)(H,21,22)(H,11,14,15)(H2,16,17,18);3,6-8,13-14H,2,4H2,1H3,(H,11,15,16)/t4*6?,7-,8-/m1111/s1. The van der Waals surface area contributed by atoms with Crippen LogP contribution >= 0.6 is 46.9 Å². The number of nitrogens with two attached hydrogens (primary N) is 2. The molecule has 520 valence electrons. The topological polar surface area (TPSA) is 709 Å². The van der Waals surface area contributed by atoms with Crippen molar-refractivity contribution in [3.8, 4) is 0 Å². The van der Waals surface area contributed by atoms with Crippen molar-refractivity contribution in [1.82, 2.24) is 38.2 Å². The summed E-state index contributed by atoms with van der Waals surface area (Å²) in [6.07, 6.45) is -5.87. The van der Waals surface area contributed by atoms with Crippen molar-refractivity contribution in [2.75, 3.05) is 37.9 Å². The van der Waals surface area contributed by atoms with Crippen LogP contribution in [0.1, 0.15) is 72.8 Å². The number of nitrogen functional groups attached to an aromatic ring is 2. The van der Waals surface area contributed by atoms with Crippen LogP contribution in [0.2, 0.25) is 0 Å². The van der Waals surface area contributed by atoms with Gasteiger partial charge in [-0.15, -0.1) is 0 Å². The molecule has 16 atom stereocenters. The number of aliphatic hydroxyl groups is 6. The van der Waals surface area contributed by atoms with Crippen LogP contribution in [-0.2, 0) is 72.6 Å². The molecule has 0 bridgehead atoms. The third kappa shape index (κ3) is 22.6. The molecule has 8 heterocycles. The number of nitrogens with zero attached hydrogens (tertiary/aromatic N) is 6. The maximum Gasteiger partial charge on any atom is 0.490 e. The number of nitrogens with one attached hydrogen (secondary N) is 2. The number of aromatic amines is 2. The summed E-state index contributed by atoms with van der Waals surface area (Å²) in [4.78, 5) is 152. The number of rotatable bonds is 20. The maximum atomic E-state index is 11.9. The lowest BCUT2D eigenvalue weighted by atomic mass is 10.2. The van der Waals surface area contributed by atoms with Gasteiger partial charge in [0.1, 0.15) is 61.0 Å². The van der Waals surface area contributed by atoms with Crippen LogP contribution in [0.5, 0.6) is 0 Å². The van der Waals surface area contributed by atoms with Gasteiger partial charge in [-0.3, -0.25) is 46.9 Å². The summed E-state index contributed by atoms with van der Waals surface area (Å²) in [5.74, 6) is 0.192. The fraction of sp³-hybridized carbons (Fsp3) is 0.600. The SMILES string of the molecule is Cc1cn([C@H]2CC(O)[C@@H](CO)O2)c(=O)[nH]c1=O.Cc1cn([C@H]2CC(O)[C@@H](CO)O2)c(=O)nc1N.Cc1cn([C@H]2CC(O)[C@@H](COP(=O)(O)OP(=O)(O)OP(=O)(O)O)O2)c(=O)[nH]c1=O.Cc1cn([C@H]2CC(O)[C@@H](COP(=O)(O)OP(=O)(O)OP(=O)(O)O)O2)c(=O)nc1N. The molecule has 4 aliphatic rings. The number of phosphoric acid groups is 6. The number of hydrogen-bond donors (Lipinski definition) is 18. The van der Waals surface area contributed by atoms with Crippen molar-refractivity contribution in [1.29, 1.82) is 0 Å². The molecule has 4 aromatic rings. The normalized spacial score (nSPS) is 27.4. The average molecular weight is 1450 g/mol. The minimum atomic E-state index is -5.67. The Bertz CT molecular complexity index is 3940. The summed E-state index contributed by atoms with van der Waals surface area (Å²) < 4.78 is 116. The Labute approximate surface area is 512 Å². The first-order chi connectivity index (χ1) is 42.2. The highest BCUT2D eigenvalue weighted by Crippen LogP contribution is 2.67. The second kappa shape index (κ2) is 31.3. The Balaban J connectivity index is 0.000000229. The van der Waals surface area contributed by atoms with E-state index in [4.69, 9.17) is 70.0 Å². The predicted octanol–water partition coefficient (Wildman–Crippen LogP) is -4.78. The van der Waals surface area contributed by atoms with Gasteiger partial charge < -0.3 is 100 Å². The maximum absolute atomic E-state index is 11.9. The van der Waals surface area contributed by atoms with Crippen LogP contribution in [0, 0.1) is 27.7 Å². The number of H-pyrrole nitrogens is 2. The summed E-state index contributed by atoms with van der Waals surface area (Å²) in [7, 11) is -33.1. The van der Waals surface area contributed by atoms with E-state index < -0.39 is 168 Å². The number of aryl methyl sites for hydroxylation is 4. The Morgan fingerprint density at radius 1 is 0.457 bits per heavy atom. The minimum absolute atomic E-state index is 0.00834. The predicted molar refractivity (Wildman–Crippen MR) is 299 cm³/mol. The van der Waals surface area contributed by atoms with E-state index in [1.807, 2.05) is 4.98 Å². The highest BCUT2D eigenvalue weighted by molar-refractivity contribution is 7.67. The van der Waals surface area contributed by atoms with Crippen LogP contribution in [-0.4, -0.2) is 183 Å². The zero-order chi connectivity index (χ0) is 69.6. The van der Waals surface area contributed by atoms with Gasteiger partial charge >= 0.3 is 69.7 Å². The van der Waals surface area contributed by atoms with E-state index in [0.717, 1.165) is 9.13 Å². The molecule has 4 fully saturated rings. The van der Waals surface area contributed by atoms with E-state index in [1.54, 1.807) is 27.0 Å². The van der Waals surface area contributed by atoms with E-state index >= 15 is 0 Å². The molecule has 52 heteroatoms. The molecule has 0 amide bonds. The van der Waals surface area contributed by atoms with Gasteiger partial charge in [0.15, 0.2) is 0 Å². The molecule has 8 rings (SSSR count). The smallest absolute Gasteiger partial charge is 0.394 e. The van der Waals surface area contributed by atoms with Crippen molar-refractivity contribution in [3.05, 3.63) is 110 Å². The number of phosphoric ester groups is 2. The van der Waals surface area contributed by atoms with Crippen LogP contribution in [0.3, 0.4) is 0 Å². The lowest BCUT2D eigenvalue weighted by Crippen LogP contribution is -2.33. The molecular formula is C40H64N10O36P6. The zero-order valence-corrected chi connectivity index (χ0v) is 53.0. The van der Waals surface area contributed by atoms with Crippen molar-refractivity contribution in [2.24, 2.45) is 0 Å². The molecule has 0 saturated carbocycles. The molecule has 4 aromatic heterocycles. The van der Waals surface area contributed by atoms with Crippen molar-refractivity contribution >= 4 is 58.6 Å². The van der Waals surface area contributed by atoms with Crippen molar-refractivity contribution in [3.63, 3.8) is 0 Å². The van der Waals surface area contributed by atoms with E-state index in [2.05, 4.69) is 41.2 Å². The third-order valence-electron chi connectivity index (χ3n) is 12.7. The number of aromatic nitrogens is 8. The van der Waals surface area contributed by atoms with Gasteiger partial charge in [0.2, 0.25) is 0 Å². The molecule has 0 aliphatic carbocycles. The van der Waals surface area contributed by atoms with Crippen LogP contribution in [0.4, 0.5) is 11.6 Å². The summed E-state index contributed by atoms with van der Waals surface area (Å²) in [6.45, 7) is 3.98. The molecule has 92 heavy (non-hydrogen) atoms. The summed E-state index contributed by atoms with van der Waals surface area (Å²) in [6, 6.07) is 0. The molecule has 4 aliphatic heterocycles. The van der Waals surface area contributed by atoms with Crippen molar-refractivity contribution in [2.45, 2.75) is 127 Å². The number of hydrogen-bond acceptors (Lipinski definition) is 32. The Kier molecular flexibility index (Phi) is 26.5. The fourth-order valence-electron chi connectivity index (χ4n) is 8.28. The van der Waals surface area contributed by atoms with Crippen LogP contribution < -0.4 is 45.3 Å². The summed E-state index contributed by atoms with van der Waals surface area (Å²) in [5, 5.41) is 57.0. The fourth-order valence-corrected chi connectivity index (χ4v) is 14.3. The van der Waals surface area contributed by atoms with E-state index in [1.165, 1.54) is 34.6 Å². The summed E-state index contributed by atoms with van der Waals surface area (Å²) >= 11 is 0. The highest BCUT2D eigenvalue weighted by atomic mass is 31.3. The molecule has 0 spiro atoms. The largest absolute Gasteiger partial charge is 0.490 e. The Morgan fingerprint density at radius 3 is 1.01 bits per heavy atom. The second-order valence-electron chi connectivity index (χ2n) is 19.8. The minimum Gasteiger partial charge on any atom is -0.394 e. The summed E-state index contributed by atoms with van der Waals surface area (Å²) in [5.41, 5.74) is 8.95. The van der Waals surface area contributed by atoms with Gasteiger partial charge in [0, 0.05) is 72.7 Å². The lowest BCUT2D eigenvalue weighted by Gasteiger charge is -2.19. The van der Waals surface area contributed by atoms with Gasteiger partial charge in [-0.25, -0.2) is 46.6 Å². The monoisotopic (exact) mass is 1450 g/mol. The first kappa shape index (κ1) is 77.8. The Morgan fingerprint density at radius 2 is 0.728 bits per heavy atom. The van der Waals surface area contributed by atoms with Gasteiger partial charge in [-0.05, 0) is 27.7 Å². The molecule has 46 nitrogen and oxygen atoms in total. The number of aliphatic hydroxyl groups excluding tert-OH is 6. The molecule has 8 unspecified atom stereocenters. The van der Waals surface area contributed by atoms with Gasteiger partial charge in [-0.1, -0.05) is 0 Å². The molecule has 4 saturated heterocycles. The number of ether oxygens (including phenoxy) is 4. The zero-order valence-electron chi connectivity index (χ0n) is 47.7. The first-order valence-electron chi connectivity index (χ1n) is 25.7. The van der Waals surface area contributed by atoms with Crippen molar-refractivity contribution < 1.29 is 142 Å². The third-order valence-corrected chi connectivity index (χ3v) is 20.3. The second-order valence-corrected chi connectivity index (χ2v) is 28.7. The lowest BCUT2D eigenvalue weighted by molar-refractivity contribution is -0.0459. The van der Waals surface area contributed by atoms with Gasteiger partial charge in [-0.2, -0.15) is 27.2 Å². The van der Waals surface area contributed by atoms with E-state index in [9.17, 15) is 86.4 Å². The molecule has 0 aromatic carbocycles. The van der Waals surface area contributed by atoms with Gasteiger partial charge in [0.25, 0.3) is 11.1 Å². The number of anilines is 2.